The Morgan fingerprint density at radius 2 is 1.88 bits per heavy atom. The van der Waals surface area contributed by atoms with Gasteiger partial charge in [-0.1, -0.05) is 18.2 Å². The van der Waals surface area contributed by atoms with Crippen molar-refractivity contribution in [2.24, 2.45) is 0 Å². The Labute approximate surface area is 148 Å². The van der Waals surface area contributed by atoms with Crippen LogP contribution in [0.1, 0.15) is 24.7 Å². The predicted molar refractivity (Wildman–Crippen MR) is 93.4 cm³/mol. The average molecular weight is 346 g/mol. The van der Waals surface area contributed by atoms with Crippen LogP contribution in [0.5, 0.6) is 5.75 Å². The van der Waals surface area contributed by atoms with Gasteiger partial charge in [-0.2, -0.15) is 0 Å². The molecule has 2 atom stereocenters. The largest absolute Gasteiger partial charge is 0.491 e. The molecule has 0 aliphatic carbocycles. The normalized spacial score (nSPS) is 18.8. The van der Waals surface area contributed by atoms with Crippen molar-refractivity contribution in [1.82, 2.24) is 20.0 Å². The molecule has 25 heavy (non-hydrogen) atoms. The zero-order valence-electron chi connectivity index (χ0n) is 14.8. The maximum Gasteiger partial charge on any atom is 0.233 e. The number of aryl methyl sites for hydroxylation is 1. The summed E-state index contributed by atoms with van der Waals surface area (Å²) in [5, 5.41) is 18.2. The molecule has 2 heterocycles. The lowest BCUT2D eigenvalue weighted by Gasteiger charge is -2.37. The monoisotopic (exact) mass is 346 g/mol. The van der Waals surface area contributed by atoms with Crippen molar-refractivity contribution in [1.29, 1.82) is 0 Å². The third kappa shape index (κ3) is 5.01. The maximum absolute atomic E-state index is 10.2. The number of hydrogen-bond donors (Lipinski definition) is 1. The molecule has 1 aromatic heterocycles. The summed E-state index contributed by atoms with van der Waals surface area (Å²) in [7, 11) is 0. The number of rotatable bonds is 7. The van der Waals surface area contributed by atoms with Crippen molar-refractivity contribution in [2.75, 3.05) is 39.3 Å². The van der Waals surface area contributed by atoms with Gasteiger partial charge in [0.25, 0.3) is 0 Å². The van der Waals surface area contributed by atoms with Gasteiger partial charge in [0.15, 0.2) is 0 Å². The highest BCUT2D eigenvalue weighted by molar-refractivity contribution is 5.20. The predicted octanol–water partition coefficient (Wildman–Crippen LogP) is 1.50. The molecule has 0 radical (unpaired) electrons. The van der Waals surface area contributed by atoms with E-state index in [0.717, 1.165) is 31.9 Å². The second-order valence-electron chi connectivity index (χ2n) is 6.45. The summed E-state index contributed by atoms with van der Waals surface area (Å²) in [4.78, 5) is 4.59. The lowest BCUT2D eigenvalue weighted by atomic mass is 10.2. The minimum absolute atomic E-state index is 0.120. The van der Waals surface area contributed by atoms with E-state index in [2.05, 4.69) is 26.9 Å². The van der Waals surface area contributed by atoms with Gasteiger partial charge in [-0.05, 0) is 19.1 Å². The third-order valence-electron chi connectivity index (χ3n) is 4.51. The van der Waals surface area contributed by atoms with Gasteiger partial charge >= 0.3 is 0 Å². The number of benzene rings is 1. The van der Waals surface area contributed by atoms with Gasteiger partial charge in [0, 0.05) is 39.6 Å². The highest BCUT2D eigenvalue weighted by Crippen LogP contribution is 2.20. The van der Waals surface area contributed by atoms with E-state index in [9.17, 15) is 5.11 Å². The molecule has 0 spiro atoms. The van der Waals surface area contributed by atoms with Crippen molar-refractivity contribution < 1.29 is 14.3 Å². The standard InChI is InChI=1S/C18H26N4O3/c1-14(18-20-19-15(2)25-18)22-10-8-21(9-11-22)12-16(23)13-24-17-6-4-3-5-7-17/h3-7,14,16,23H,8-13H2,1-2H3/t14-,16-/m1/s1. The Hall–Kier alpha value is -1.96. The maximum atomic E-state index is 10.2. The molecule has 1 aliphatic heterocycles. The van der Waals surface area contributed by atoms with Crippen molar-refractivity contribution in [3.05, 3.63) is 42.1 Å². The summed E-state index contributed by atoms with van der Waals surface area (Å²) < 4.78 is 11.1. The van der Waals surface area contributed by atoms with Crippen LogP contribution < -0.4 is 4.74 Å². The van der Waals surface area contributed by atoms with E-state index < -0.39 is 6.10 Å². The smallest absolute Gasteiger partial charge is 0.233 e. The summed E-state index contributed by atoms with van der Waals surface area (Å²) in [6.45, 7) is 8.45. The summed E-state index contributed by atoms with van der Waals surface area (Å²) in [5.41, 5.74) is 0. The second kappa shape index (κ2) is 8.42. The topological polar surface area (TPSA) is 74.9 Å². The van der Waals surface area contributed by atoms with Gasteiger partial charge in [-0.25, -0.2) is 0 Å². The molecule has 7 heteroatoms. The molecule has 0 saturated carbocycles. The Balaban J connectivity index is 1.40. The summed E-state index contributed by atoms with van der Waals surface area (Å²) in [5.74, 6) is 2.05. The average Bonchev–Trinajstić information content (AvgIpc) is 3.07. The van der Waals surface area contributed by atoms with Crippen LogP contribution in [0.25, 0.3) is 0 Å². The number of aromatic nitrogens is 2. The van der Waals surface area contributed by atoms with E-state index in [1.165, 1.54) is 0 Å². The first-order valence-corrected chi connectivity index (χ1v) is 8.74. The molecule has 1 aliphatic rings. The fourth-order valence-corrected chi connectivity index (χ4v) is 3.03. The number of hydrogen-bond acceptors (Lipinski definition) is 7. The number of nitrogens with zero attached hydrogens (tertiary/aromatic N) is 4. The van der Waals surface area contributed by atoms with E-state index in [1.807, 2.05) is 30.3 Å². The first-order valence-electron chi connectivity index (χ1n) is 8.74. The third-order valence-corrected chi connectivity index (χ3v) is 4.51. The highest BCUT2D eigenvalue weighted by atomic mass is 16.5. The lowest BCUT2D eigenvalue weighted by molar-refractivity contribution is 0.0349. The fourth-order valence-electron chi connectivity index (χ4n) is 3.03. The summed E-state index contributed by atoms with van der Waals surface area (Å²) >= 11 is 0. The van der Waals surface area contributed by atoms with Gasteiger partial charge in [-0.3, -0.25) is 9.80 Å². The van der Waals surface area contributed by atoms with Crippen LogP contribution in [-0.2, 0) is 0 Å². The number of β-amino-alcohol motifs (C(OH)–C–C–N with tert-alkyl or cyclic N) is 1. The van der Waals surface area contributed by atoms with Crippen molar-refractivity contribution in [3.8, 4) is 5.75 Å². The van der Waals surface area contributed by atoms with Gasteiger partial charge < -0.3 is 14.3 Å². The van der Waals surface area contributed by atoms with Gasteiger partial charge in [0.05, 0.1) is 6.04 Å². The highest BCUT2D eigenvalue weighted by Gasteiger charge is 2.26. The van der Waals surface area contributed by atoms with Crippen molar-refractivity contribution >= 4 is 0 Å². The van der Waals surface area contributed by atoms with E-state index in [-0.39, 0.29) is 6.04 Å². The Bertz CT molecular complexity index is 641. The number of piperazine rings is 1. The van der Waals surface area contributed by atoms with Crippen LogP contribution in [0.15, 0.2) is 34.7 Å². The van der Waals surface area contributed by atoms with Gasteiger partial charge in [0.1, 0.15) is 18.5 Å². The molecule has 7 nitrogen and oxygen atoms in total. The molecule has 1 aromatic carbocycles. The molecular weight excluding hydrogens is 320 g/mol. The van der Waals surface area contributed by atoms with Crippen molar-refractivity contribution in [3.63, 3.8) is 0 Å². The van der Waals surface area contributed by atoms with E-state index in [4.69, 9.17) is 9.15 Å². The number of aliphatic hydroxyl groups is 1. The van der Waals surface area contributed by atoms with E-state index >= 15 is 0 Å². The Morgan fingerprint density at radius 1 is 1.16 bits per heavy atom. The molecule has 1 N–H and O–H groups in total. The minimum atomic E-state index is -0.497. The Kier molecular flexibility index (Phi) is 6.01. The van der Waals surface area contributed by atoms with Gasteiger partial charge in [-0.15, -0.1) is 10.2 Å². The van der Waals surface area contributed by atoms with Crippen LogP contribution in [-0.4, -0.2) is 70.5 Å². The molecule has 136 valence electrons. The van der Waals surface area contributed by atoms with Crippen LogP contribution in [0.2, 0.25) is 0 Å². The van der Waals surface area contributed by atoms with Gasteiger partial charge in [0.2, 0.25) is 11.8 Å². The van der Waals surface area contributed by atoms with Crippen molar-refractivity contribution in [2.45, 2.75) is 26.0 Å². The first kappa shape index (κ1) is 17.8. The van der Waals surface area contributed by atoms with Crippen LogP contribution in [0.4, 0.5) is 0 Å². The summed E-state index contributed by atoms with van der Waals surface area (Å²) in [6.07, 6.45) is -0.497. The van der Waals surface area contributed by atoms with E-state index in [0.29, 0.717) is 24.9 Å². The molecular formula is C18H26N4O3. The number of aliphatic hydroxyl groups excluding tert-OH is 1. The zero-order valence-corrected chi connectivity index (χ0v) is 14.8. The SMILES string of the molecule is Cc1nnc([C@@H](C)N2CCN(C[C@@H](O)COc3ccccc3)CC2)o1. The quantitative estimate of drug-likeness (QED) is 0.814. The molecule has 3 rings (SSSR count). The molecule has 2 aromatic rings. The minimum Gasteiger partial charge on any atom is -0.491 e. The molecule has 1 fully saturated rings. The zero-order chi connectivity index (χ0) is 17.6. The van der Waals surface area contributed by atoms with Crippen LogP contribution in [0, 0.1) is 6.92 Å². The Morgan fingerprint density at radius 3 is 2.52 bits per heavy atom. The number of ether oxygens (including phenoxy) is 1. The van der Waals surface area contributed by atoms with E-state index in [1.54, 1.807) is 6.92 Å². The second-order valence-corrected chi connectivity index (χ2v) is 6.45. The molecule has 0 unspecified atom stereocenters. The molecule has 0 bridgehead atoms. The summed E-state index contributed by atoms with van der Waals surface area (Å²) in [6, 6.07) is 9.70. The molecule has 0 amide bonds. The lowest BCUT2D eigenvalue weighted by Crippen LogP contribution is -2.49. The van der Waals surface area contributed by atoms with Crippen LogP contribution in [0.3, 0.4) is 0 Å². The number of para-hydroxylation sites is 1. The fraction of sp³-hybridized carbons (Fsp3) is 0.556. The first-order chi connectivity index (χ1) is 12.1. The molecule has 1 saturated heterocycles. The van der Waals surface area contributed by atoms with Crippen LogP contribution >= 0.6 is 0 Å².